The summed E-state index contributed by atoms with van der Waals surface area (Å²) in [5.41, 5.74) is 9.60. The zero-order chi connectivity index (χ0) is 32.1. The van der Waals surface area contributed by atoms with Gasteiger partial charge in [-0.05, 0) is 120 Å². The highest BCUT2D eigenvalue weighted by Gasteiger charge is 2.51. The molecular formula is C44H36N4. The normalized spacial score (nSPS) is 22.4. The summed E-state index contributed by atoms with van der Waals surface area (Å²) >= 11 is 0. The second kappa shape index (κ2) is 11.7. The zero-order valence-corrected chi connectivity index (χ0v) is 26.9. The van der Waals surface area contributed by atoms with Crippen molar-refractivity contribution in [3.8, 4) is 62.5 Å². The van der Waals surface area contributed by atoms with Gasteiger partial charge in [-0.1, -0.05) is 97.1 Å². The lowest BCUT2D eigenvalue weighted by atomic mass is 9.48. The third-order valence-electron chi connectivity index (χ3n) is 11.1. The Kier molecular flexibility index (Phi) is 7.01. The van der Waals surface area contributed by atoms with Crippen LogP contribution in [0.3, 0.4) is 0 Å². The van der Waals surface area contributed by atoms with Gasteiger partial charge in [0.15, 0.2) is 17.5 Å². The van der Waals surface area contributed by atoms with Crippen molar-refractivity contribution in [1.82, 2.24) is 15.0 Å². The monoisotopic (exact) mass is 620 g/mol. The summed E-state index contributed by atoms with van der Waals surface area (Å²) in [6.45, 7) is 0. The highest BCUT2D eigenvalue weighted by Crippen LogP contribution is 2.60. The average Bonchev–Trinajstić information content (AvgIpc) is 3.15. The molecule has 4 aliphatic rings. The van der Waals surface area contributed by atoms with Gasteiger partial charge in [-0.2, -0.15) is 5.26 Å². The van der Waals surface area contributed by atoms with Crippen LogP contribution in [0.25, 0.3) is 56.4 Å². The van der Waals surface area contributed by atoms with Gasteiger partial charge in [0.05, 0.1) is 11.6 Å². The molecule has 4 aliphatic carbocycles. The first-order valence-electron chi connectivity index (χ1n) is 17.2. The van der Waals surface area contributed by atoms with E-state index in [2.05, 4.69) is 54.6 Å². The van der Waals surface area contributed by atoms with Crippen molar-refractivity contribution >= 4 is 0 Å². The Morgan fingerprint density at radius 1 is 0.458 bits per heavy atom. The topological polar surface area (TPSA) is 62.5 Å². The largest absolute Gasteiger partial charge is 0.208 e. The highest BCUT2D eigenvalue weighted by atomic mass is 15.0. The number of benzene rings is 5. The Morgan fingerprint density at radius 3 is 1.48 bits per heavy atom. The lowest BCUT2D eigenvalue weighted by Crippen LogP contribution is -2.48. The van der Waals surface area contributed by atoms with Crippen LogP contribution in [0.5, 0.6) is 0 Å². The van der Waals surface area contributed by atoms with E-state index in [0.29, 0.717) is 28.5 Å². The number of rotatable bonds is 6. The fraction of sp³-hybridized carbons (Fsp3) is 0.227. The predicted octanol–water partition coefficient (Wildman–Crippen LogP) is 10.5. The molecule has 10 rings (SSSR count). The molecule has 1 aromatic heterocycles. The van der Waals surface area contributed by atoms with Crippen LogP contribution in [-0.2, 0) is 5.41 Å². The molecule has 4 bridgehead atoms. The van der Waals surface area contributed by atoms with E-state index in [0.717, 1.165) is 51.1 Å². The van der Waals surface area contributed by atoms with Crippen LogP contribution in [0.1, 0.15) is 49.7 Å². The van der Waals surface area contributed by atoms with Gasteiger partial charge in [0, 0.05) is 16.7 Å². The van der Waals surface area contributed by atoms with Gasteiger partial charge >= 0.3 is 0 Å². The van der Waals surface area contributed by atoms with Gasteiger partial charge in [-0.25, -0.2) is 15.0 Å². The summed E-state index contributed by atoms with van der Waals surface area (Å²) in [5.74, 6) is 4.65. The SMILES string of the molecule is N#Cc1cccc(-c2cc(-c3ccc(C45CC6C[C@H](C4)C[C@@H](C6)C5)cc3)cc(-c3nc(-c4ccccc4)nc(-c4ccccc4)n3)c2)c1. The van der Waals surface area contributed by atoms with Gasteiger partial charge in [0.25, 0.3) is 0 Å². The minimum Gasteiger partial charge on any atom is -0.208 e. The summed E-state index contributed by atoms with van der Waals surface area (Å²) < 4.78 is 0. The van der Waals surface area contributed by atoms with Crippen LogP contribution in [0.15, 0.2) is 127 Å². The molecule has 0 N–H and O–H groups in total. The standard InChI is InChI=1S/C44H36N4/c45-28-29-8-7-13-36(21-29)38-22-37(33-14-16-40(17-15-33)44-25-30-18-31(26-44)20-32(19-30)27-44)23-39(24-38)43-47-41(34-9-3-1-4-10-34)46-42(48-43)35-11-5-2-6-12-35/h1-17,21-24,30-32H,18-20,25-27H2/t30-,31+,32?,44?. The molecule has 5 aromatic carbocycles. The molecule has 6 aromatic rings. The molecule has 0 amide bonds. The van der Waals surface area contributed by atoms with Crippen LogP contribution in [0, 0.1) is 29.1 Å². The van der Waals surface area contributed by atoms with Crippen LogP contribution in [0.2, 0.25) is 0 Å². The maximum atomic E-state index is 9.69. The minimum atomic E-state index is 0.366. The van der Waals surface area contributed by atoms with E-state index in [9.17, 15) is 5.26 Å². The number of nitriles is 1. The molecule has 0 saturated heterocycles. The maximum absolute atomic E-state index is 9.69. The van der Waals surface area contributed by atoms with Gasteiger partial charge in [-0.15, -0.1) is 0 Å². The van der Waals surface area contributed by atoms with E-state index in [1.165, 1.54) is 49.7 Å². The third kappa shape index (κ3) is 5.30. The van der Waals surface area contributed by atoms with Crippen LogP contribution in [-0.4, -0.2) is 15.0 Å². The highest BCUT2D eigenvalue weighted by molar-refractivity contribution is 5.81. The first-order chi connectivity index (χ1) is 23.6. The fourth-order valence-corrected chi connectivity index (χ4v) is 9.28. The first-order valence-corrected chi connectivity index (χ1v) is 17.2. The molecule has 0 unspecified atom stereocenters. The molecule has 0 aliphatic heterocycles. The molecule has 0 radical (unpaired) electrons. The van der Waals surface area contributed by atoms with Crippen LogP contribution in [0.4, 0.5) is 0 Å². The van der Waals surface area contributed by atoms with Gasteiger partial charge < -0.3 is 0 Å². The van der Waals surface area contributed by atoms with E-state index in [1.807, 2.05) is 78.9 Å². The number of aromatic nitrogens is 3. The smallest absolute Gasteiger partial charge is 0.164 e. The summed E-state index contributed by atoms with van der Waals surface area (Å²) in [4.78, 5) is 15.0. The summed E-state index contributed by atoms with van der Waals surface area (Å²) in [5, 5.41) is 9.69. The molecule has 4 fully saturated rings. The Hall–Kier alpha value is -5.40. The Balaban J connectivity index is 1.18. The first kappa shape index (κ1) is 28.8. The van der Waals surface area contributed by atoms with Crippen LogP contribution >= 0.6 is 0 Å². The van der Waals surface area contributed by atoms with Gasteiger partial charge in [0.2, 0.25) is 0 Å². The fourth-order valence-electron chi connectivity index (χ4n) is 9.28. The molecule has 0 spiro atoms. The molecule has 48 heavy (non-hydrogen) atoms. The molecular weight excluding hydrogens is 585 g/mol. The summed E-state index contributed by atoms with van der Waals surface area (Å²) in [6.07, 6.45) is 8.44. The van der Waals surface area contributed by atoms with Crippen molar-refractivity contribution in [2.24, 2.45) is 17.8 Å². The lowest BCUT2D eigenvalue weighted by Gasteiger charge is -2.57. The zero-order valence-electron chi connectivity index (χ0n) is 26.9. The second-order valence-electron chi connectivity index (χ2n) is 14.3. The van der Waals surface area contributed by atoms with Gasteiger partial charge in [-0.3, -0.25) is 0 Å². The van der Waals surface area contributed by atoms with E-state index >= 15 is 0 Å². The van der Waals surface area contributed by atoms with Crippen molar-refractivity contribution < 1.29 is 0 Å². The summed E-state index contributed by atoms with van der Waals surface area (Å²) in [6, 6.07) is 46.4. The molecule has 4 nitrogen and oxygen atoms in total. The van der Waals surface area contributed by atoms with E-state index in [4.69, 9.17) is 15.0 Å². The van der Waals surface area contributed by atoms with Crippen molar-refractivity contribution in [3.63, 3.8) is 0 Å². The molecule has 1 heterocycles. The second-order valence-corrected chi connectivity index (χ2v) is 14.3. The Morgan fingerprint density at radius 2 is 0.938 bits per heavy atom. The predicted molar refractivity (Wildman–Crippen MR) is 192 cm³/mol. The van der Waals surface area contributed by atoms with Crippen LogP contribution < -0.4 is 0 Å². The Labute approximate surface area is 282 Å². The van der Waals surface area contributed by atoms with Gasteiger partial charge in [0.1, 0.15) is 0 Å². The molecule has 4 saturated carbocycles. The number of hydrogen-bond acceptors (Lipinski definition) is 4. The molecule has 232 valence electrons. The molecule has 0 atom stereocenters. The third-order valence-corrected chi connectivity index (χ3v) is 11.1. The van der Waals surface area contributed by atoms with E-state index < -0.39 is 0 Å². The maximum Gasteiger partial charge on any atom is 0.164 e. The lowest BCUT2D eigenvalue weighted by molar-refractivity contribution is -0.00518. The Bertz CT molecular complexity index is 2070. The van der Waals surface area contributed by atoms with Crippen molar-refractivity contribution in [3.05, 3.63) is 139 Å². The van der Waals surface area contributed by atoms with E-state index in [1.54, 1.807) is 0 Å². The summed E-state index contributed by atoms with van der Waals surface area (Å²) in [7, 11) is 0. The molecule has 4 heteroatoms. The number of nitrogens with zero attached hydrogens (tertiary/aromatic N) is 4. The average molecular weight is 621 g/mol. The quantitative estimate of drug-likeness (QED) is 0.186. The van der Waals surface area contributed by atoms with E-state index in [-0.39, 0.29) is 0 Å². The van der Waals surface area contributed by atoms with Crippen molar-refractivity contribution in [1.29, 1.82) is 5.26 Å². The van der Waals surface area contributed by atoms with Crippen molar-refractivity contribution in [2.45, 2.75) is 43.9 Å². The number of hydrogen-bond donors (Lipinski definition) is 0. The van der Waals surface area contributed by atoms with Crippen molar-refractivity contribution in [2.75, 3.05) is 0 Å². The minimum absolute atomic E-state index is 0.366.